The highest BCUT2D eigenvalue weighted by atomic mass is 32.2. The fraction of sp³-hybridized carbons (Fsp3) is 0.100. The zero-order chi connectivity index (χ0) is 12.0. The molecule has 0 aliphatic heterocycles. The molecule has 1 heterocycles. The second-order valence-corrected chi connectivity index (χ2v) is 4.31. The summed E-state index contributed by atoms with van der Waals surface area (Å²) in [5.41, 5.74) is 0.551. The van der Waals surface area contributed by atoms with Gasteiger partial charge in [-0.05, 0) is 18.6 Å². The van der Waals surface area contributed by atoms with Gasteiger partial charge in [0.2, 0.25) is 0 Å². The summed E-state index contributed by atoms with van der Waals surface area (Å²) in [7, 11) is -4.03. The lowest BCUT2D eigenvalue weighted by atomic mass is 10.2. The quantitative estimate of drug-likeness (QED) is 0.771. The summed E-state index contributed by atoms with van der Waals surface area (Å²) in [6.45, 7) is 1.63. The van der Waals surface area contributed by atoms with Crippen molar-refractivity contribution in [3.05, 3.63) is 48.7 Å². The lowest BCUT2D eigenvalue weighted by Crippen LogP contribution is -1.99. The van der Waals surface area contributed by atoms with E-state index in [1.807, 2.05) is 0 Å². The summed E-state index contributed by atoms with van der Waals surface area (Å²) in [5.74, 6) is 0. The van der Waals surface area contributed by atoms with Crippen LogP contribution in [0.2, 0.25) is 0 Å². The van der Waals surface area contributed by atoms with Crippen molar-refractivity contribution in [2.45, 2.75) is 11.8 Å². The normalized spacial score (nSPS) is 10.4. The zero-order valence-electron chi connectivity index (χ0n) is 8.57. The van der Waals surface area contributed by atoms with Gasteiger partial charge in [-0.3, -0.25) is 4.55 Å². The van der Waals surface area contributed by atoms with Gasteiger partial charge in [-0.15, -0.1) is 0 Å². The van der Waals surface area contributed by atoms with Crippen molar-refractivity contribution in [2.75, 3.05) is 0 Å². The minimum Gasteiger partial charge on any atom is -0.452 e. The van der Waals surface area contributed by atoms with Crippen LogP contribution in [0, 0.1) is 6.92 Å². The van der Waals surface area contributed by atoms with E-state index in [2.05, 4.69) is 9.40 Å². The minimum atomic E-state index is -4.03. The number of hydrogen-bond acceptors (Lipinski definition) is 4. The van der Waals surface area contributed by atoms with Gasteiger partial charge >= 0.3 is 0 Å². The number of nitrogens with zero attached hydrogens (tertiary/aromatic N) is 1. The molecule has 16 heavy (non-hydrogen) atoms. The van der Waals surface area contributed by atoms with Gasteiger partial charge in [0.25, 0.3) is 10.1 Å². The van der Waals surface area contributed by atoms with Crippen LogP contribution >= 0.6 is 0 Å². The fourth-order valence-electron chi connectivity index (χ4n) is 1.02. The molecule has 0 aliphatic rings. The van der Waals surface area contributed by atoms with E-state index in [1.165, 1.54) is 18.7 Å². The maximum atomic E-state index is 10.6. The monoisotopic (exact) mass is 241 g/mol. The number of aromatic nitrogens is 1. The molecule has 6 heteroatoms. The fourth-order valence-corrected chi connectivity index (χ4v) is 1.75. The second kappa shape index (κ2) is 5.43. The first-order valence-corrected chi connectivity index (χ1v) is 5.81. The average molecular weight is 241 g/mol. The van der Waals surface area contributed by atoms with E-state index < -0.39 is 10.1 Å². The summed E-state index contributed by atoms with van der Waals surface area (Å²) in [4.78, 5) is 3.53. The van der Waals surface area contributed by atoms with Crippen molar-refractivity contribution in [3.8, 4) is 0 Å². The Balaban J connectivity index is 0.000000212. The molecule has 1 aromatic heterocycles. The highest BCUT2D eigenvalue weighted by Crippen LogP contribution is 2.12. The molecule has 1 aromatic carbocycles. The third-order valence-electron chi connectivity index (χ3n) is 1.72. The first-order chi connectivity index (χ1) is 7.52. The summed E-state index contributed by atoms with van der Waals surface area (Å²) in [5, 5.41) is 0. The molecule has 0 bridgehead atoms. The molecule has 2 rings (SSSR count). The third-order valence-corrected chi connectivity index (χ3v) is 2.73. The highest BCUT2D eigenvalue weighted by Gasteiger charge is 2.10. The molecule has 2 aromatic rings. The van der Waals surface area contributed by atoms with Crippen LogP contribution < -0.4 is 0 Å². The first kappa shape index (κ1) is 12.4. The Labute approximate surface area is 93.5 Å². The van der Waals surface area contributed by atoms with Crippen molar-refractivity contribution >= 4 is 10.1 Å². The zero-order valence-corrected chi connectivity index (χ0v) is 9.39. The van der Waals surface area contributed by atoms with Crippen LogP contribution in [0.15, 0.2) is 52.4 Å². The molecule has 5 nitrogen and oxygen atoms in total. The number of aryl methyl sites for hydroxylation is 1. The summed E-state index contributed by atoms with van der Waals surface area (Å²) in [6, 6.07) is 6.27. The van der Waals surface area contributed by atoms with E-state index in [4.69, 9.17) is 4.55 Å². The van der Waals surface area contributed by atoms with Crippen LogP contribution in [-0.4, -0.2) is 18.0 Å². The lowest BCUT2D eigenvalue weighted by molar-refractivity contribution is 0.482. The predicted octanol–water partition coefficient (Wildman–Crippen LogP) is 1.92. The van der Waals surface area contributed by atoms with Gasteiger partial charge in [0.15, 0.2) is 6.39 Å². The molecule has 0 saturated heterocycles. The van der Waals surface area contributed by atoms with Crippen LogP contribution in [-0.2, 0) is 10.1 Å². The van der Waals surface area contributed by atoms with Crippen molar-refractivity contribution < 1.29 is 17.4 Å². The summed E-state index contributed by atoms with van der Waals surface area (Å²) >= 11 is 0. The van der Waals surface area contributed by atoms with Gasteiger partial charge < -0.3 is 4.42 Å². The first-order valence-electron chi connectivity index (χ1n) is 4.37. The van der Waals surface area contributed by atoms with Gasteiger partial charge in [0.05, 0.1) is 11.1 Å². The Morgan fingerprint density at radius 3 is 2.31 bits per heavy atom. The second-order valence-electron chi connectivity index (χ2n) is 2.92. The largest absolute Gasteiger partial charge is 0.452 e. The van der Waals surface area contributed by atoms with Gasteiger partial charge in [0, 0.05) is 0 Å². The number of oxazole rings is 1. The van der Waals surface area contributed by atoms with E-state index in [-0.39, 0.29) is 4.90 Å². The Morgan fingerprint density at radius 1 is 1.31 bits per heavy atom. The van der Waals surface area contributed by atoms with Crippen LogP contribution in [0.1, 0.15) is 5.56 Å². The Bertz CT molecular complexity index is 502. The minimum absolute atomic E-state index is 0.0278. The molecule has 0 spiro atoms. The molecular formula is C10H11NO4S. The van der Waals surface area contributed by atoms with Crippen LogP contribution in [0.4, 0.5) is 0 Å². The maximum Gasteiger partial charge on any atom is 0.294 e. The molecule has 0 radical (unpaired) electrons. The molecule has 0 fully saturated rings. The van der Waals surface area contributed by atoms with E-state index in [1.54, 1.807) is 31.3 Å². The average Bonchev–Trinajstić information content (AvgIpc) is 2.74. The molecule has 0 aliphatic carbocycles. The molecule has 0 atom stereocenters. The van der Waals surface area contributed by atoms with E-state index in [9.17, 15) is 8.42 Å². The maximum absolute atomic E-state index is 10.6. The lowest BCUT2D eigenvalue weighted by Gasteiger charge is -1.99. The van der Waals surface area contributed by atoms with Crippen molar-refractivity contribution in [1.82, 2.24) is 4.98 Å². The van der Waals surface area contributed by atoms with Gasteiger partial charge in [-0.2, -0.15) is 8.42 Å². The van der Waals surface area contributed by atoms with Crippen LogP contribution in [0.3, 0.4) is 0 Å². The Morgan fingerprint density at radius 2 is 2.00 bits per heavy atom. The summed E-state index contributed by atoms with van der Waals surface area (Å²) in [6.07, 6.45) is 4.47. The molecule has 1 N–H and O–H groups in total. The standard InChI is InChI=1S/C7H8O3S.C3H3NO/c1-6-4-2-3-5-7(6)11(8,9)10;1-2-5-3-4-1/h2-5H,1H3,(H,8,9,10);1-3H. The van der Waals surface area contributed by atoms with Gasteiger partial charge in [-0.25, -0.2) is 4.98 Å². The van der Waals surface area contributed by atoms with Gasteiger partial charge in [0.1, 0.15) is 6.26 Å². The van der Waals surface area contributed by atoms with Gasteiger partial charge in [-0.1, -0.05) is 18.2 Å². The number of hydrogen-bond donors (Lipinski definition) is 1. The predicted molar refractivity (Wildman–Crippen MR) is 57.5 cm³/mol. The number of benzene rings is 1. The number of rotatable bonds is 1. The van der Waals surface area contributed by atoms with Crippen molar-refractivity contribution in [1.29, 1.82) is 0 Å². The smallest absolute Gasteiger partial charge is 0.294 e. The molecule has 0 amide bonds. The highest BCUT2D eigenvalue weighted by molar-refractivity contribution is 7.85. The topological polar surface area (TPSA) is 80.4 Å². The molecular weight excluding hydrogens is 230 g/mol. The van der Waals surface area contributed by atoms with E-state index in [0.29, 0.717) is 5.56 Å². The van der Waals surface area contributed by atoms with Crippen LogP contribution in [0.5, 0.6) is 0 Å². The molecule has 0 unspecified atom stereocenters. The third kappa shape index (κ3) is 3.84. The van der Waals surface area contributed by atoms with Crippen molar-refractivity contribution in [3.63, 3.8) is 0 Å². The van der Waals surface area contributed by atoms with E-state index in [0.717, 1.165) is 0 Å². The summed E-state index contributed by atoms with van der Waals surface area (Å²) < 4.78 is 34.3. The molecule has 0 saturated carbocycles. The Kier molecular flexibility index (Phi) is 4.21. The van der Waals surface area contributed by atoms with Crippen LogP contribution in [0.25, 0.3) is 0 Å². The van der Waals surface area contributed by atoms with Crippen molar-refractivity contribution in [2.24, 2.45) is 0 Å². The molecule has 86 valence electrons. The van der Waals surface area contributed by atoms with E-state index >= 15 is 0 Å². The SMILES string of the molecule is Cc1ccccc1S(=O)(=O)O.c1cocn1. The Hall–Kier alpha value is -1.66.